The molecule has 1 aliphatic carbocycles. The van der Waals surface area contributed by atoms with Crippen LogP contribution in [0.3, 0.4) is 0 Å². The van der Waals surface area contributed by atoms with Gasteiger partial charge in [0, 0.05) is 19.7 Å². The van der Waals surface area contributed by atoms with Gasteiger partial charge in [0.05, 0.1) is 18.4 Å². The maximum Gasteiger partial charge on any atom is 0.254 e. The van der Waals surface area contributed by atoms with Gasteiger partial charge in [-0.1, -0.05) is 12.8 Å². The fraction of sp³-hybridized carbons (Fsp3) is 0.643. The minimum absolute atomic E-state index is 0.329. The van der Waals surface area contributed by atoms with Crippen LogP contribution in [-0.2, 0) is 11.3 Å². The van der Waals surface area contributed by atoms with Crippen molar-refractivity contribution in [3.05, 3.63) is 18.1 Å². The molecule has 2 aromatic heterocycles. The molecule has 0 saturated heterocycles. The number of fused-ring (bicyclic) bond motifs is 1. The van der Waals surface area contributed by atoms with Gasteiger partial charge in [-0.2, -0.15) is 14.6 Å². The summed E-state index contributed by atoms with van der Waals surface area (Å²) in [7, 11) is 1.63. The van der Waals surface area contributed by atoms with Gasteiger partial charge in [0.15, 0.2) is 0 Å². The number of aliphatic hydroxyl groups excluding tert-OH is 1. The summed E-state index contributed by atoms with van der Waals surface area (Å²) < 4.78 is 6.76. The monoisotopic (exact) mass is 291 g/mol. The first-order chi connectivity index (χ1) is 10.3. The van der Waals surface area contributed by atoms with E-state index in [0.29, 0.717) is 24.8 Å². The van der Waals surface area contributed by atoms with Crippen LogP contribution in [-0.4, -0.2) is 44.4 Å². The summed E-state index contributed by atoms with van der Waals surface area (Å²) in [5.41, 5.74) is 0.788. The van der Waals surface area contributed by atoms with Gasteiger partial charge in [-0.05, 0) is 18.8 Å². The number of nitrogens with zero attached hydrogens (tertiary/aromatic N) is 4. The van der Waals surface area contributed by atoms with Crippen molar-refractivity contribution in [2.45, 2.75) is 38.4 Å². The van der Waals surface area contributed by atoms with Crippen molar-refractivity contribution in [3.63, 3.8) is 0 Å². The van der Waals surface area contributed by atoms with Gasteiger partial charge < -0.3 is 15.2 Å². The lowest BCUT2D eigenvalue weighted by molar-refractivity contribution is 0.122. The number of aromatic nitrogens is 4. The molecule has 1 saturated carbocycles. The van der Waals surface area contributed by atoms with Crippen LogP contribution >= 0.6 is 0 Å². The highest BCUT2D eigenvalue weighted by Gasteiger charge is 2.23. The molecule has 1 aliphatic rings. The van der Waals surface area contributed by atoms with E-state index >= 15 is 0 Å². The molecule has 1 fully saturated rings. The van der Waals surface area contributed by atoms with Gasteiger partial charge in [-0.15, -0.1) is 0 Å². The number of aliphatic hydroxyl groups is 1. The zero-order valence-corrected chi connectivity index (χ0v) is 12.2. The molecule has 0 radical (unpaired) electrons. The topological polar surface area (TPSA) is 84.6 Å². The molecule has 0 aliphatic heterocycles. The van der Waals surface area contributed by atoms with Crippen LogP contribution in [0.5, 0.6) is 0 Å². The number of rotatable bonds is 6. The zero-order chi connectivity index (χ0) is 14.7. The minimum atomic E-state index is -0.329. The Morgan fingerprint density at radius 3 is 3.05 bits per heavy atom. The predicted octanol–water partition coefficient (Wildman–Crippen LogP) is 1.23. The molecular weight excluding hydrogens is 270 g/mol. The summed E-state index contributed by atoms with van der Waals surface area (Å²) in [6.45, 7) is 0.930. The van der Waals surface area contributed by atoms with Crippen LogP contribution in [0.1, 0.15) is 31.4 Å². The third-order valence-electron chi connectivity index (χ3n) is 4.03. The van der Waals surface area contributed by atoms with E-state index in [9.17, 15) is 5.11 Å². The highest BCUT2D eigenvalue weighted by molar-refractivity contribution is 5.44. The second kappa shape index (κ2) is 6.36. The second-order valence-electron chi connectivity index (χ2n) is 5.53. The van der Waals surface area contributed by atoms with E-state index in [1.54, 1.807) is 11.6 Å². The molecule has 3 rings (SSSR count). The van der Waals surface area contributed by atoms with Gasteiger partial charge in [-0.3, -0.25) is 0 Å². The SMILES string of the molecule is COCc1cc(NCC(O)C2CCCC2)n2ncnc2n1. The van der Waals surface area contributed by atoms with Gasteiger partial charge in [-0.25, -0.2) is 4.98 Å². The fourth-order valence-corrected chi connectivity index (χ4v) is 2.93. The molecule has 2 heterocycles. The van der Waals surface area contributed by atoms with Crippen molar-refractivity contribution in [1.82, 2.24) is 19.6 Å². The maximum absolute atomic E-state index is 10.3. The van der Waals surface area contributed by atoms with Crippen LogP contribution in [0.2, 0.25) is 0 Å². The average molecular weight is 291 g/mol. The van der Waals surface area contributed by atoms with Gasteiger partial charge in [0.1, 0.15) is 12.1 Å². The maximum atomic E-state index is 10.3. The average Bonchev–Trinajstić information content (AvgIpc) is 3.15. The third-order valence-corrected chi connectivity index (χ3v) is 4.03. The molecule has 0 aromatic carbocycles. The molecule has 7 heteroatoms. The van der Waals surface area contributed by atoms with E-state index in [1.165, 1.54) is 19.2 Å². The number of methoxy groups -OCH3 is 1. The number of ether oxygens (including phenoxy) is 1. The van der Waals surface area contributed by atoms with E-state index in [0.717, 1.165) is 24.4 Å². The van der Waals surface area contributed by atoms with Crippen LogP contribution in [0.15, 0.2) is 12.4 Å². The number of hydrogen-bond donors (Lipinski definition) is 2. The molecular formula is C14H21N5O2. The Morgan fingerprint density at radius 1 is 1.48 bits per heavy atom. The summed E-state index contributed by atoms with van der Waals surface area (Å²) in [4.78, 5) is 8.46. The van der Waals surface area contributed by atoms with Gasteiger partial charge in [0.2, 0.25) is 0 Å². The van der Waals surface area contributed by atoms with Crippen LogP contribution in [0.25, 0.3) is 5.78 Å². The Bertz CT molecular complexity index is 594. The molecule has 114 valence electrons. The highest BCUT2D eigenvalue weighted by atomic mass is 16.5. The molecule has 1 unspecified atom stereocenters. The molecule has 21 heavy (non-hydrogen) atoms. The Hall–Kier alpha value is -1.73. The standard InChI is InChI=1S/C14H21N5O2/c1-21-8-11-6-13(19-14(18-11)16-9-17-19)15-7-12(20)10-4-2-3-5-10/h6,9-10,12,15,20H,2-5,7-8H2,1H3. The lowest BCUT2D eigenvalue weighted by atomic mass is 10.0. The molecule has 7 nitrogen and oxygen atoms in total. The minimum Gasteiger partial charge on any atom is -0.391 e. The quantitative estimate of drug-likeness (QED) is 0.833. The number of anilines is 1. The second-order valence-corrected chi connectivity index (χ2v) is 5.53. The summed E-state index contributed by atoms with van der Waals surface area (Å²) in [5.74, 6) is 1.72. The van der Waals surface area contributed by atoms with E-state index in [1.807, 2.05) is 6.07 Å². The fourth-order valence-electron chi connectivity index (χ4n) is 2.93. The van der Waals surface area contributed by atoms with Crippen molar-refractivity contribution in [2.75, 3.05) is 19.0 Å². The highest BCUT2D eigenvalue weighted by Crippen LogP contribution is 2.27. The van der Waals surface area contributed by atoms with Crippen LogP contribution < -0.4 is 5.32 Å². The van der Waals surface area contributed by atoms with E-state index in [4.69, 9.17) is 4.74 Å². The summed E-state index contributed by atoms with van der Waals surface area (Å²) >= 11 is 0. The predicted molar refractivity (Wildman–Crippen MR) is 77.9 cm³/mol. The molecule has 0 amide bonds. The lowest BCUT2D eigenvalue weighted by Crippen LogP contribution is -2.27. The third kappa shape index (κ3) is 3.14. The molecule has 0 bridgehead atoms. The van der Waals surface area contributed by atoms with E-state index < -0.39 is 0 Å². The normalized spacial score (nSPS) is 17.4. The van der Waals surface area contributed by atoms with Gasteiger partial charge in [0.25, 0.3) is 5.78 Å². The summed E-state index contributed by atoms with van der Waals surface area (Å²) in [6, 6.07) is 1.88. The Kier molecular flexibility index (Phi) is 4.31. The zero-order valence-electron chi connectivity index (χ0n) is 12.2. The first kappa shape index (κ1) is 14.2. The molecule has 2 N–H and O–H groups in total. The van der Waals surface area contributed by atoms with Crippen LogP contribution in [0.4, 0.5) is 5.82 Å². The number of hydrogen-bond acceptors (Lipinski definition) is 6. The van der Waals surface area contributed by atoms with Gasteiger partial charge >= 0.3 is 0 Å². The van der Waals surface area contributed by atoms with Crippen LogP contribution in [0, 0.1) is 5.92 Å². The summed E-state index contributed by atoms with van der Waals surface area (Å²) in [6.07, 6.45) is 5.83. The summed E-state index contributed by atoms with van der Waals surface area (Å²) in [5, 5.41) is 17.7. The smallest absolute Gasteiger partial charge is 0.254 e. The Labute approximate surface area is 123 Å². The number of nitrogens with one attached hydrogen (secondary N) is 1. The van der Waals surface area contributed by atoms with E-state index in [-0.39, 0.29) is 6.10 Å². The Balaban J connectivity index is 1.74. The molecule has 2 aromatic rings. The largest absolute Gasteiger partial charge is 0.391 e. The Morgan fingerprint density at radius 2 is 2.29 bits per heavy atom. The van der Waals surface area contributed by atoms with Crippen molar-refractivity contribution in [1.29, 1.82) is 0 Å². The molecule has 0 spiro atoms. The van der Waals surface area contributed by atoms with Crippen molar-refractivity contribution >= 4 is 11.6 Å². The lowest BCUT2D eigenvalue weighted by Gasteiger charge is -2.19. The van der Waals surface area contributed by atoms with Crippen molar-refractivity contribution < 1.29 is 9.84 Å². The van der Waals surface area contributed by atoms with Crippen molar-refractivity contribution in [2.24, 2.45) is 5.92 Å². The first-order valence-corrected chi connectivity index (χ1v) is 7.38. The first-order valence-electron chi connectivity index (χ1n) is 7.38. The van der Waals surface area contributed by atoms with Crippen molar-refractivity contribution in [3.8, 4) is 0 Å². The molecule has 1 atom stereocenters. The van der Waals surface area contributed by atoms with E-state index in [2.05, 4.69) is 20.4 Å².